The van der Waals surface area contributed by atoms with Crippen LogP contribution in [0.2, 0.25) is 5.02 Å². The van der Waals surface area contributed by atoms with Gasteiger partial charge in [-0.25, -0.2) is 0 Å². The first-order valence-corrected chi connectivity index (χ1v) is 13.3. The zero-order chi connectivity index (χ0) is 26.3. The second-order valence-electron chi connectivity index (χ2n) is 10.2. The number of benzene rings is 3. The molecule has 1 N–H and O–H groups in total. The smallest absolute Gasteiger partial charge is 0.247 e. The molecule has 7 rings (SSSR count). The fourth-order valence-electron chi connectivity index (χ4n) is 6.43. The Balaban J connectivity index is 1.48. The van der Waals surface area contributed by atoms with Crippen molar-refractivity contribution in [1.29, 1.82) is 0 Å². The van der Waals surface area contributed by atoms with Crippen LogP contribution < -0.4 is 5.32 Å². The fourth-order valence-corrected chi connectivity index (χ4v) is 7.65. The standard InChI is InChI=1S/C29H23Cl3N2O3/c1-15(2)24(25(35)33-17-13-11-16(30)12-14-17)34-26(36)22-23(27(34)37)29(32)19-8-4-3-7-18(19)28(22,31)20-9-5-6-10-21(20)29/h3-15,22-24H,1-2H3,(H,33,35)/t22-,23-,24-,28?,29?/m0/s1. The monoisotopic (exact) mass is 552 g/mol. The van der Waals surface area contributed by atoms with Crippen molar-refractivity contribution in [2.45, 2.75) is 29.6 Å². The van der Waals surface area contributed by atoms with Gasteiger partial charge in [0, 0.05) is 10.7 Å². The van der Waals surface area contributed by atoms with Crippen molar-refractivity contribution >= 4 is 58.2 Å². The molecule has 0 aromatic heterocycles. The highest BCUT2D eigenvalue weighted by atomic mass is 35.5. The number of nitrogens with one attached hydrogen (secondary N) is 1. The molecule has 3 atom stereocenters. The molecule has 5 nitrogen and oxygen atoms in total. The largest absolute Gasteiger partial charge is 0.324 e. The van der Waals surface area contributed by atoms with Crippen molar-refractivity contribution in [2.24, 2.45) is 17.8 Å². The highest BCUT2D eigenvalue weighted by molar-refractivity contribution is 6.36. The molecule has 4 aliphatic rings. The van der Waals surface area contributed by atoms with Crippen LogP contribution in [-0.4, -0.2) is 28.7 Å². The van der Waals surface area contributed by atoms with Crippen LogP contribution in [0.3, 0.4) is 0 Å². The Labute approximate surface area is 229 Å². The lowest BCUT2D eigenvalue weighted by molar-refractivity contribution is -0.148. The van der Waals surface area contributed by atoms with E-state index in [4.69, 9.17) is 34.8 Å². The fraction of sp³-hybridized carbons (Fsp3) is 0.276. The number of hydrogen-bond donors (Lipinski definition) is 1. The number of hydrogen-bond acceptors (Lipinski definition) is 3. The maximum atomic E-state index is 14.2. The van der Waals surface area contributed by atoms with E-state index in [0.717, 1.165) is 27.2 Å². The molecular weight excluding hydrogens is 531 g/mol. The lowest BCUT2D eigenvalue weighted by Gasteiger charge is -2.54. The quantitative estimate of drug-likeness (QED) is 0.323. The van der Waals surface area contributed by atoms with Gasteiger partial charge in [0.25, 0.3) is 0 Å². The zero-order valence-corrected chi connectivity index (χ0v) is 22.3. The third kappa shape index (κ3) is 3.14. The van der Waals surface area contributed by atoms with Crippen molar-refractivity contribution in [1.82, 2.24) is 4.90 Å². The van der Waals surface area contributed by atoms with Crippen LogP contribution >= 0.6 is 34.8 Å². The summed E-state index contributed by atoms with van der Waals surface area (Å²) in [5.41, 5.74) is 3.41. The number of likely N-dealkylation sites (tertiary alicyclic amines) is 1. The number of amides is 3. The van der Waals surface area contributed by atoms with Crippen molar-refractivity contribution in [2.75, 3.05) is 5.32 Å². The molecular formula is C29H23Cl3N2O3. The molecule has 0 unspecified atom stereocenters. The first kappa shape index (κ1) is 24.5. The van der Waals surface area contributed by atoms with Gasteiger partial charge in [-0.1, -0.05) is 74.0 Å². The van der Waals surface area contributed by atoms with E-state index in [1.807, 2.05) is 48.5 Å². The molecule has 0 saturated carbocycles. The SMILES string of the molecule is CC(C)[C@@H](C(=O)Nc1ccc(Cl)cc1)N1C(=O)[C@@H]2[C@@H](C1=O)C1(Cl)c3ccccc3C2(Cl)c2ccccc21. The lowest BCUT2D eigenvalue weighted by Crippen LogP contribution is -2.57. The molecule has 3 aromatic carbocycles. The van der Waals surface area contributed by atoms with Crippen LogP contribution in [0.15, 0.2) is 72.8 Å². The molecule has 1 fully saturated rings. The normalized spacial score (nSPS) is 28.1. The van der Waals surface area contributed by atoms with Gasteiger partial charge >= 0.3 is 0 Å². The minimum absolute atomic E-state index is 0.361. The Hall–Kier alpha value is -2.86. The molecule has 37 heavy (non-hydrogen) atoms. The molecule has 1 aliphatic heterocycles. The van der Waals surface area contributed by atoms with Gasteiger partial charge in [-0.15, -0.1) is 23.2 Å². The maximum Gasteiger partial charge on any atom is 0.247 e. The van der Waals surface area contributed by atoms with E-state index in [1.54, 1.807) is 38.1 Å². The third-order valence-corrected chi connectivity index (χ3v) is 9.45. The van der Waals surface area contributed by atoms with Gasteiger partial charge in [-0.05, 0) is 52.4 Å². The Morgan fingerprint density at radius 3 is 1.57 bits per heavy atom. The molecule has 0 spiro atoms. The van der Waals surface area contributed by atoms with E-state index in [0.29, 0.717) is 10.7 Å². The van der Waals surface area contributed by atoms with Crippen LogP contribution in [0.4, 0.5) is 5.69 Å². The first-order valence-electron chi connectivity index (χ1n) is 12.1. The molecule has 0 radical (unpaired) electrons. The zero-order valence-electron chi connectivity index (χ0n) is 20.0. The number of halogens is 3. The first-order chi connectivity index (χ1) is 17.6. The minimum Gasteiger partial charge on any atom is -0.324 e. The van der Waals surface area contributed by atoms with Gasteiger partial charge in [0.15, 0.2) is 0 Å². The second-order valence-corrected chi connectivity index (χ2v) is 11.8. The van der Waals surface area contributed by atoms with E-state index in [-0.39, 0.29) is 5.92 Å². The third-order valence-electron chi connectivity index (χ3n) is 7.91. The van der Waals surface area contributed by atoms with Gasteiger partial charge < -0.3 is 5.32 Å². The molecule has 2 bridgehead atoms. The number of anilines is 1. The van der Waals surface area contributed by atoms with E-state index in [1.165, 1.54) is 0 Å². The predicted molar refractivity (Wildman–Crippen MR) is 144 cm³/mol. The Kier molecular flexibility index (Phi) is 5.50. The van der Waals surface area contributed by atoms with Gasteiger partial charge in [-0.2, -0.15) is 0 Å². The van der Waals surface area contributed by atoms with Gasteiger partial charge in [0.05, 0.1) is 11.8 Å². The summed E-state index contributed by atoms with van der Waals surface area (Å²) in [6.45, 7) is 3.61. The van der Waals surface area contributed by atoms with Crippen molar-refractivity contribution in [3.8, 4) is 0 Å². The van der Waals surface area contributed by atoms with Crippen LogP contribution in [0, 0.1) is 17.8 Å². The predicted octanol–water partition coefficient (Wildman–Crippen LogP) is 5.90. The number of rotatable bonds is 4. The summed E-state index contributed by atoms with van der Waals surface area (Å²) in [4.78, 5) is 40.5. The molecule has 1 saturated heterocycles. The van der Waals surface area contributed by atoms with Crippen LogP contribution in [0.5, 0.6) is 0 Å². The Bertz CT molecular complexity index is 1350. The van der Waals surface area contributed by atoms with Crippen LogP contribution in [-0.2, 0) is 24.1 Å². The van der Waals surface area contributed by atoms with Crippen molar-refractivity contribution in [3.05, 3.63) is 100 Å². The van der Waals surface area contributed by atoms with Crippen molar-refractivity contribution in [3.63, 3.8) is 0 Å². The van der Waals surface area contributed by atoms with E-state index in [2.05, 4.69) is 5.32 Å². The molecule has 3 amide bonds. The summed E-state index contributed by atoms with van der Waals surface area (Å²) in [7, 11) is 0. The maximum absolute atomic E-state index is 14.2. The summed E-state index contributed by atoms with van der Waals surface area (Å²) in [6.07, 6.45) is 0. The summed E-state index contributed by atoms with van der Waals surface area (Å²) in [5, 5.41) is 3.36. The van der Waals surface area contributed by atoms with Gasteiger partial charge in [0.1, 0.15) is 15.8 Å². The summed E-state index contributed by atoms with van der Waals surface area (Å²) in [5.74, 6) is -3.69. The number of carbonyl (C=O) groups excluding carboxylic acids is 3. The van der Waals surface area contributed by atoms with Crippen LogP contribution in [0.25, 0.3) is 0 Å². The molecule has 1 heterocycles. The van der Waals surface area contributed by atoms with Gasteiger partial charge in [0.2, 0.25) is 17.7 Å². The average molecular weight is 554 g/mol. The van der Waals surface area contributed by atoms with Crippen LogP contribution in [0.1, 0.15) is 36.1 Å². The average Bonchev–Trinajstić information content (AvgIpc) is 3.15. The number of carbonyl (C=O) groups is 3. The number of nitrogens with zero attached hydrogens (tertiary/aromatic N) is 1. The van der Waals surface area contributed by atoms with E-state index < -0.39 is 45.3 Å². The summed E-state index contributed by atoms with van der Waals surface area (Å²) >= 11 is 20.9. The molecule has 8 heteroatoms. The second kappa shape index (κ2) is 8.32. The molecule has 188 valence electrons. The summed E-state index contributed by atoms with van der Waals surface area (Å²) < 4.78 is 0. The van der Waals surface area contributed by atoms with Crippen molar-refractivity contribution < 1.29 is 14.4 Å². The Morgan fingerprint density at radius 2 is 1.19 bits per heavy atom. The lowest BCUT2D eigenvalue weighted by atomic mass is 9.54. The Morgan fingerprint density at radius 1 is 0.784 bits per heavy atom. The topological polar surface area (TPSA) is 66.5 Å². The van der Waals surface area contributed by atoms with Gasteiger partial charge in [-0.3, -0.25) is 19.3 Å². The highest BCUT2D eigenvalue weighted by Gasteiger charge is 2.73. The minimum atomic E-state index is -1.29. The molecule has 3 aliphatic carbocycles. The van der Waals surface area contributed by atoms with E-state index in [9.17, 15) is 14.4 Å². The number of imide groups is 1. The van der Waals surface area contributed by atoms with E-state index >= 15 is 0 Å². The molecule has 3 aromatic rings. The highest BCUT2D eigenvalue weighted by Crippen LogP contribution is 2.69. The summed E-state index contributed by atoms with van der Waals surface area (Å²) in [6, 6.07) is 20.5. The number of alkyl halides is 2.